The number of nitrogens with zero attached hydrogens (tertiary/aromatic N) is 5. The summed E-state index contributed by atoms with van der Waals surface area (Å²) in [6, 6.07) is 6.25. The Labute approximate surface area is 154 Å². The number of rotatable bonds is 3. The number of nitrogens with one attached hydrogen (secondary N) is 1. The van der Waals surface area contributed by atoms with Crippen LogP contribution in [0.2, 0.25) is 0 Å². The zero-order valence-corrected chi connectivity index (χ0v) is 14.3. The summed E-state index contributed by atoms with van der Waals surface area (Å²) in [5.74, 6) is -0.0940. The number of fused-ring (bicyclic) bond motifs is 2. The van der Waals surface area contributed by atoms with Gasteiger partial charge in [0.25, 0.3) is 0 Å². The number of imidazole rings is 1. The Morgan fingerprint density at radius 1 is 1.48 bits per heavy atom. The van der Waals surface area contributed by atoms with Crippen LogP contribution in [0.1, 0.15) is 23.1 Å². The Morgan fingerprint density at radius 2 is 2.33 bits per heavy atom. The smallest absolute Gasteiger partial charge is 0.148 e. The van der Waals surface area contributed by atoms with Crippen molar-refractivity contribution < 1.29 is 4.39 Å². The molecule has 0 fully saturated rings. The topological polar surface area (TPSA) is 125 Å². The van der Waals surface area contributed by atoms with Crippen molar-refractivity contribution in [1.29, 1.82) is 5.26 Å². The van der Waals surface area contributed by atoms with Gasteiger partial charge in [0.2, 0.25) is 0 Å². The number of aromatic nitrogens is 4. The van der Waals surface area contributed by atoms with Crippen LogP contribution in [0.5, 0.6) is 0 Å². The number of hydrogen-bond acceptors (Lipinski definition) is 6. The Bertz CT molecular complexity index is 1100. The zero-order valence-electron chi connectivity index (χ0n) is 14.3. The van der Waals surface area contributed by atoms with E-state index in [0.717, 1.165) is 11.4 Å². The Hall–Kier alpha value is -3.80. The van der Waals surface area contributed by atoms with Crippen molar-refractivity contribution in [3.8, 4) is 6.07 Å². The van der Waals surface area contributed by atoms with Crippen LogP contribution in [0.4, 0.5) is 4.39 Å². The van der Waals surface area contributed by atoms with Gasteiger partial charge in [0.05, 0.1) is 23.3 Å². The molecular weight excluding hydrogens is 347 g/mol. The van der Waals surface area contributed by atoms with Crippen LogP contribution in [0, 0.1) is 17.1 Å². The molecule has 0 spiro atoms. The maximum Gasteiger partial charge on any atom is 0.148 e. The molecule has 0 radical (unpaired) electrons. The van der Waals surface area contributed by atoms with Crippen LogP contribution in [0.25, 0.3) is 5.52 Å². The maximum atomic E-state index is 14.1. The van der Waals surface area contributed by atoms with E-state index in [2.05, 4.69) is 21.1 Å². The molecule has 5 N–H and O–H groups in total. The predicted octanol–water partition coefficient (Wildman–Crippen LogP) is 1.31. The highest BCUT2D eigenvalue weighted by Gasteiger charge is 2.34. The molecule has 0 aliphatic carbocycles. The molecule has 0 aromatic carbocycles. The predicted molar refractivity (Wildman–Crippen MR) is 96.1 cm³/mol. The van der Waals surface area contributed by atoms with Gasteiger partial charge in [0, 0.05) is 24.9 Å². The fraction of sp³-hybridized carbons (Fsp3) is 0.167. The van der Waals surface area contributed by atoms with Gasteiger partial charge in [-0.15, -0.1) is 0 Å². The number of nitriles is 1. The lowest BCUT2D eigenvalue weighted by Crippen LogP contribution is -2.39. The zero-order chi connectivity index (χ0) is 19.0. The first-order valence-corrected chi connectivity index (χ1v) is 8.34. The first-order valence-electron chi connectivity index (χ1n) is 8.34. The lowest BCUT2D eigenvalue weighted by molar-refractivity contribution is 0.260. The molecule has 4 rings (SSSR count). The monoisotopic (exact) mass is 364 g/mol. The minimum atomic E-state index is -0.450. The number of halogens is 1. The minimum Gasteiger partial charge on any atom is -0.405 e. The van der Waals surface area contributed by atoms with Crippen LogP contribution in [-0.2, 0) is 6.42 Å². The molecule has 0 amide bonds. The maximum absolute atomic E-state index is 14.1. The average molecular weight is 364 g/mol. The number of H-pyrrole nitrogens is 1. The van der Waals surface area contributed by atoms with Gasteiger partial charge < -0.3 is 21.4 Å². The first kappa shape index (κ1) is 16.7. The molecule has 1 atom stereocenters. The Kier molecular flexibility index (Phi) is 4.01. The van der Waals surface area contributed by atoms with Crippen molar-refractivity contribution in [3.63, 3.8) is 0 Å². The largest absolute Gasteiger partial charge is 0.405 e. The summed E-state index contributed by atoms with van der Waals surface area (Å²) in [5, 5.41) is 13.9. The van der Waals surface area contributed by atoms with E-state index in [9.17, 15) is 9.65 Å². The van der Waals surface area contributed by atoms with E-state index < -0.39 is 6.04 Å². The second kappa shape index (κ2) is 6.49. The molecule has 3 aromatic rings. The van der Waals surface area contributed by atoms with Gasteiger partial charge in [-0.1, -0.05) is 0 Å². The van der Waals surface area contributed by atoms with Gasteiger partial charge in [-0.3, -0.25) is 0 Å². The van der Waals surface area contributed by atoms with Gasteiger partial charge in [0.1, 0.15) is 29.3 Å². The van der Waals surface area contributed by atoms with Crippen molar-refractivity contribution in [2.75, 3.05) is 6.54 Å². The minimum absolute atomic E-state index is 0.247. The van der Waals surface area contributed by atoms with E-state index in [4.69, 9.17) is 11.5 Å². The van der Waals surface area contributed by atoms with Crippen molar-refractivity contribution in [2.45, 2.75) is 12.5 Å². The van der Waals surface area contributed by atoms with Crippen LogP contribution < -0.4 is 11.5 Å². The molecule has 3 aromatic heterocycles. The summed E-state index contributed by atoms with van der Waals surface area (Å²) in [5.41, 5.74) is 14.6. The summed E-state index contributed by atoms with van der Waals surface area (Å²) in [4.78, 5) is 9.40. The summed E-state index contributed by atoms with van der Waals surface area (Å²) >= 11 is 0. The van der Waals surface area contributed by atoms with Crippen LogP contribution in [-0.4, -0.2) is 31.0 Å². The van der Waals surface area contributed by atoms with Gasteiger partial charge in [0.15, 0.2) is 0 Å². The van der Waals surface area contributed by atoms with Crippen LogP contribution in [0.3, 0.4) is 0 Å². The van der Waals surface area contributed by atoms with Gasteiger partial charge in [-0.05, 0) is 30.5 Å². The molecule has 0 saturated heterocycles. The Balaban J connectivity index is 1.89. The molecule has 27 heavy (non-hydrogen) atoms. The fourth-order valence-electron chi connectivity index (χ4n) is 3.40. The Morgan fingerprint density at radius 3 is 3.07 bits per heavy atom. The van der Waals surface area contributed by atoms with Crippen LogP contribution >= 0.6 is 0 Å². The lowest BCUT2D eigenvalue weighted by Gasteiger charge is -2.36. The normalized spacial score (nSPS) is 17.8. The lowest BCUT2D eigenvalue weighted by atomic mass is 9.99. The number of hydrogen-bond donors (Lipinski definition) is 3. The third kappa shape index (κ3) is 2.67. The molecule has 0 saturated carbocycles. The third-order valence-electron chi connectivity index (χ3n) is 4.64. The van der Waals surface area contributed by atoms with Crippen LogP contribution in [0.15, 0.2) is 54.4 Å². The quantitative estimate of drug-likeness (QED) is 0.475. The van der Waals surface area contributed by atoms with Crippen molar-refractivity contribution in [3.05, 3.63) is 77.3 Å². The summed E-state index contributed by atoms with van der Waals surface area (Å²) in [6.07, 6.45) is 6.69. The molecular formula is C18H17FN8. The molecule has 136 valence electrons. The molecule has 4 heterocycles. The van der Waals surface area contributed by atoms with E-state index in [1.54, 1.807) is 24.7 Å². The third-order valence-corrected chi connectivity index (χ3v) is 4.64. The van der Waals surface area contributed by atoms with E-state index in [1.165, 1.54) is 22.9 Å². The number of allylic oxidation sites excluding steroid dienone is 2. The number of pyridine rings is 1. The summed E-state index contributed by atoms with van der Waals surface area (Å²) in [7, 11) is 0. The van der Waals surface area contributed by atoms with Crippen molar-refractivity contribution in [1.82, 2.24) is 24.5 Å². The van der Waals surface area contributed by atoms with Gasteiger partial charge in [-0.2, -0.15) is 10.4 Å². The highest BCUT2D eigenvalue weighted by Crippen LogP contribution is 2.35. The molecule has 1 aliphatic rings. The van der Waals surface area contributed by atoms with Gasteiger partial charge in [-0.25, -0.2) is 13.9 Å². The number of nitrogens with two attached hydrogens (primary N) is 2. The SMILES string of the molecule is N#CC(/C=C\N)=C(/N)N1CCc2[nH]cnc2C1c1cc2c(F)cccn2n1. The number of aromatic amines is 1. The van der Waals surface area contributed by atoms with E-state index in [1.807, 2.05) is 4.90 Å². The highest BCUT2D eigenvalue weighted by molar-refractivity contribution is 5.51. The molecule has 8 nitrogen and oxygen atoms in total. The summed E-state index contributed by atoms with van der Waals surface area (Å²) in [6.45, 7) is 0.547. The highest BCUT2D eigenvalue weighted by atomic mass is 19.1. The second-order valence-electron chi connectivity index (χ2n) is 6.14. The second-order valence-corrected chi connectivity index (χ2v) is 6.14. The molecule has 1 unspecified atom stereocenters. The standard InChI is InChI=1S/C18H17FN8/c19-12-2-1-6-27-15(12)8-14(25-27)17-16-13(23-10-24-16)4-7-26(17)18(22)11(9-21)3-5-20/h1-3,5-6,8,10,17H,4,7,20,22H2,(H,23,24)/b5-3-,18-11-. The van der Waals surface area contributed by atoms with Crippen molar-refractivity contribution in [2.24, 2.45) is 11.5 Å². The van der Waals surface area contributed by atoms with E-state index in [-0.39, 0.29) is 17.2 Å². The molecule has 9 heteroatoms. The van der Waals surface area contributed by atoms with E-state index >= 15 is 0 Å². The van der Waals surface area contributed by atoms with Gasteiger partial charge >= 0.3 is 0 Å². The fourth-order valence-corrected chi connectivity index (χ4v) is 3.40. The molecule has 0 bridgehead atoms. The molecule has 1 aliphatic heterocycles. The van der Waals surface area contributed by atoms with Crippen molar-refractivity contribution >= 4 is 5.52 Å². The summed E-state index contributed by atoms with van der Waals surface area (Å²) < 4.78 is 15.6. The van der Waals surface area contributed by atoms with E-state index in [0.29, 0.717) is 24.2 Å². The first-order chi connectivity index (χ1) is 13.1. The average Bonchev–Trinajstić information content (AvgIpc) is 3.32.